The second-order valence-electron chi connectivity index (χ2n) is 6.63. The third kappa shape index (κ3) is 3.08. The van der Waals surface area contributed by atoms with Gasteiger partial charge in [-0.2, -0.15) is 5.10 Å². The van der Waals surface area contributed by atoms with E-state index in [9.17, 15) is 0 Å². The van der Waals surface area contributed by atoms with E-state index in [-0.39, 0.29) is 0 Å². The molecule has 1 unspecified atom stereocenters. The van der Waals surface area contributed by atoms with Gasteiger partial charge in [0, 0.05) is 18.5 Å². The minimum absolute atomic E-state index is 0.475. The lowest BCUT2D eigenvalue weighted by Crippen LogP contribution is -2.18. The molecule has 0 radical (unpaired) electrons. The molecule has 2 aromatic rings. The van der Waals surface area contributed by atoms with E-state index < -0.39 is 0 Å². The third-order valence-corrected chi connectivity index (χ3v) is 3.95. The molecule has 1 aliphatic heterocycles. The number of hydrogen-bond acceptors (Lipinski definition) is 4. The van der Waals surface area contributed by atoms with Gasteiger partial charge in [-0.25, -0.2) is 9.67 Å². The Labute approximate surface area is 131 Å². The zero-order valence-corrected chi connectivity index (χ0v) is 13.5. The molecule has 3 rings (SSSR count). The summed E-state index contributed by atoms with van der Waals surface area (Å²) >= 11 is 0. The Balaban J connectivity index is 1.82. The molecule has 0 saturated heterocycles. The van der Waals surface area contributed by atoms with Crippen molar-refractivity contribution in [2.75, 3.05) is 12.3 Å². The van der Waals surface area contributed by atoms with Gasteiger partial charge in [-0.05, 0) is 36.5 Å². The maximum atomic E-state index is 6.10. The summed E-state index contributed by atoms with van der Waals surface area (Å²) in [6, 6.07) is 5.80. The Morgan fingerprint density at radius 2 is 2.23 bits per heavy atom. The van der Waals surface area contributed by atoms with Crippen LogP contribution < -0.4 is 10.5 Å². The topological polar surface area (TPSA) is 66.0 Å². The van der Waals surface area contributed by atoms with E-state index in [1.54, 1.807) is 0 Å². The molecule has 1 aromatic carbocycles. The molecule has 2 heterocycles. The molecular formula is C17H24N4O. The third-order valence-electron chi connectivity index (χ3n) is 3.95. The monoisotopic (exact) mass is 300 g/mol. The molecule has 0 saturated carbocycles. The Morgan fingerprint density at radius 1 is 1.41 bits per heavy atom. The Kier molecular flexibility index (Phi) is 4.05. The van der Waals surface area contributed by atoms with Gasteiger partial charge >= 0.3 is 0 Å². The number of fused-ring (bicyclic) bond motifs is 1. The number of nitrogens with two attached hydrogens (primary N) is 1. The summed E-state index contributed by atoms with van der Waals surface area (Å²) in [5.41, 5.74) is 7.69. The van der Waals surface area contributed by atoms with Gasteiger partial charge in [0.1, 0.15) is 11.6 Å². The highest BCUT2D eigenvalue weighted by Gasteiger charge is 2.19. The van der Waals surface area contributed by atoms with Crippen LogP contribution >= 0.6 is 0 Å². The Bertz CT molecular complexity index is 663. The molecule has 1 aliphatic rings. The smallest absolute Gasteiger partial charge is 0.181 e. The van der Waals surface area contributed by atoms with Gasteiger partial charge < -0.3 is 10.5 Å². The number of rotatable bonds is 4. The summed E-state index contributed by atoms with van der Waals surface area (Å²) in [4.78, 5) is 4.67. The number of nitrogens with zero attached hydrogens (tertiary/aromatic N) is 3. The first kappa shape index (κ1) is 14.9. The fourth-order valence-corrected chi connectivity index (χ4v) is 2.66. The van der Waals surface area contributed by atoms with Crippen LogP contribution in [0.15, 0.2) is 18.2 Å². The molecule has 5 heteroatoms. The van der Waals surface area contributed by atoms with E-state index >= 15 is 0 Å². The highest BCUT2D eigenvalue weighted by Crippen LogP contribution is 2.28. The van der Waals surface area contributed by atoms with Crippen LogP contribution in [-0.2, 0) is 13.0 Å². The predicted molar refractivity (Wildman–Crippen MR) is 87.7 cm³/mol. The number of anilines is 1. The summed E-state index contributed by atoms with van der Waals surface area (Å²) in [7, 11) is 0. The summed E-state index contributed by atoms with van der Waals surface area (Å²) in [6.45, 7) is 8.11. The number of nitrogen functional groups attached to an aromatic ring is 1. The average molecular weight is 300 g/mol. The highest BCUT2D eigenvalue weighted by atomic mass is 16.5. The van der Waals surface area contributed by atoms with E-state index in [2.05, 4.69) is 30.9 Å². The van der Waals surface area contributed by atoms with Gasteiger partial charge in [0.25, 0.3) is 0 Å². The van der Waals surface area contributed by atoms with Crippen LogP contribution in [0.4, 0.5) is 5.69 Å². The second-order valence-corrected chi connectivity index (χ2v) is 6.63. The molecule has 0 bridgehead atoms. The first-order valence-electron chi connectivity index (χ1n) is 7.99. The van der Waals surface area contributed by atoms with Crippen LogP contribution in [0.25, 0.3) is 11.4 Å². The molecule has 0 aliphatic carbocycles. The lowest BCUT2D eigenvalue weighted by atomic mass is 10.0. The number of aromatic nitrogens is 3. The number of aryl methyl sites for hydroxylation is 1. The molecule has 0 spiro atoms. The highest BCUT2D eigenvalue weighted by molar-refractivity contribution is 5.66. The van der Waals surface area contributed by atoms with Crippen molar-refractivity contribution in [2.24, 2.45) is 11.8 Å². The molecule has 1 atom stereocenters. The van der Waals surface area contributed by atoms with Crippen LogP contribution in [0.5, 0.6) is 5.75 Å². The van der Waals surface area contributed by atoms with Gasteiger partial charge in [-0.15, -0.1) is 0 Å². The van der Waals surface area contributed by atoms with E-state index in [4.69, 9.17) is 10.5 Å². The average Bonchev–Trinajstić information content (AvgIpc) is 2.88. The van der Waals surface area contributed by atoms with Crippen molar-refractivity contribution < 1.29 is 4.74 Å². The van der Waals surface area contributed by atoms with E-state index in [1.165, 1.54) is 6.42 Å². The maximum Gasteiger partial charge on any atom is 0.181 e. The van der Waals surface area contributed by atoms with Crippen molar-refractivity contribution in [1.82, 2.24) is 14.8 Å². The lowest BCUT2D eigenvalue weighted by molar-refractivity contribution is 0.272. The first-order valence-corrected chi connectivity index (χ1v) is 7.99. The van der Waals surface area contributed by atoms with Gasteiger partial charge in [0.2, 0.25) is 0 Å². The number of ether oxygens (including phenoxy) is 1. The van der Waals surface area contributed by atoms with Gasteiger partial charge in [-0.1, -0.05) is 20.8 Å². The van der Waals surface area contributed by atoms with E-state index in [1.807, 2.05) is 22.9 Å². The lowest BCUT2D eigenvalue weighted by Gasteiger charge is -2.17. The van der Waals surface area contributed by atoms with Crippen LogP contribution in [-0.4, -0.2) is 21.4 Å². The standard InChI is InChI=1S/C17H24N4O/c1-11(2)10-22-15-5-4-13(9-14(15)18)17-19-16-8-12(3)6-7-21(16)20-17/h4-5,9,11-12H,6-8,10,18H2,1-3H3. The molecule has 118 valence electrons. The molecule has 1 aromatic heterocycles. The van der Waals surface area contributed by atoms with Gasteiger partial charge in [-0.3, -0.25) is 0 Å². The molecule has 5 nitrogen and oxygen atoms in total. The van der Waals surface area contributed by atoms with Crippen molar-refractivity contribution in [3.05, 3.63) is 24.0 Å². The number of hydrogen-bond donors (Lipinski definition) is 1. The second kappa shape index (κ2) is 5.99. The van der Waals surface area contributed by atoms with Crippen LogP contribution in [0.2, 0.25) is 0 Å². The zero-order chi connectivity index (χ0) is 15.7. The largest absolute Gasteiger partial charge is 0.491 e. The molecule has 0 amide bonds. The van der Waals surface area contributed by atoms with Crippen molar-refractivity contribution in [3.8, 4) is 17.1 Å². The minimum Gasteiger partial charge on any atom is -0.491 e. The number of benzene rings is 1. The molecular weight excluding hydrogens is 276 g/mol. The predicted octanol–water partition coefficient (Wildman–Crippen LogP) is 3.14. The minimum atomic E-state index is 0.475. The van der Waals surface area contributed by atoms with E-state index in [0.717, 1.165) is 35.9 Å². The van der Waals surface area contributed by atoms with Crippen LogP contribution in [0, 0.1) is 11.8 Å². The molecule has 0 fully saturated rings. The fourth-order valence-electron chi connectivity index (χ4n) is 2.66. The van der Waals surface area contributed by atoms with E-state index in [0.29, 0.717) is 24.1 Å². The quantitative estimate of drug-likeness (QED) is 0.881. The van der Waals surface area contributed by atoms with Crippen molar-refractivity contribution >= 4 is 5.69 Å². The molecule has 2 N–H and O–H groups in total. The molecule has 22 heavy (non-hydrogen) atoms. The van der Waals surface area contributed by atoms with Gasteiger partial charge in [0.05, 0.1) is 12.3 Å². The maximum absolute atomic E-state index is 6.10. The fraction of sp³-hybridized carbons (Fsp3) is 0.529. The van der Waals surface area contributed by atoms with Gasteiger partial charge in [0.15, 0.2) is 5.82 Å². The Morgan fingerprint density at radius 3 is 2.95 bits per heavy atom. The van der Waals surface area contributed by atoms with Crippen molar-refractivity contribution in [2.45, 2.75) is 40.2 Å². The van der Waals surface area contributed by atoms with Crippen molar-refractivity contribution in [3.63, 3.8) is 0 Å². The first-order chi connectivity index (χ1) is 10.5. The van der Waals surface area contributed by atoms with Crippen LogP contribution in [0.3, 0.4) is 0 Å². The summed E-state index contributed by atoms with van der Waals surface area (Å²) in [5, 5.41) is 4.61. The summed E-state index contributed by atoms with van der Waals surface area (Å²) < 4.78 is 7.74. The normalized spacial score (nSPS) is 17.5. The Hall–Kier alpha value is -2.04. The zero-order valence-electron chi connectivity index (χ0n) is 13.5. The van der Waals surface area contributed by atoms with Crippen molar-refractivity contribution in [1.29, 1.82) is 0 Å². The SMILES string of the molecule is CC(C)COc1ccc(-c2nc3n(n2)CCC(C)C3)cc1N. The van der Waals surface area contributed by atoms with Crippen LogP contribution in [0.1, 0.15) is 33.0 Å². The summed E-state index contributed by atoms with van der Waals surface area (Å²) in [6.07, 6.45) is 2.16. The summed E-state index contributed by atoms with van der Waals surface area (Å²) in [5.74, 6) is 3.72.